The van der Waals surface area contributed by atoms with Crippen LogP contribution in [0.2, 0.25) is 0 Å². The third-order valence-electron chi connectivity index (χ3n) is 4.12. The van der Waals surface area contributed by atoms with E-state index in [0.717, 1.165) is 12.0 Å². The second kappa shape index (κ2) is 5.65. The number of carbonyl (C=O) groups is 2. The molecule has 0 radical (unpaired) electrons. The fourth-order valence-electron chi connectivity index (χ4n) is 3.30. The lowest BCUT2D eigenvalue weighted by molar-refractivity contribution is -0.124. The van der Waals surface area contributed by atoms with E-state index in [4.69, 9.17) is 4.74 Å². The van der Waals surface area contributed by atoms with Crippen LogP contribution in [0.15, 0.2) is 30.3 Å². The molecule has 1 aliphatic carbocycles. The average Bonchev–Trinajstić information content (AvgIpc) is 2.44. The van der Waals surface area contributed by atoms with Gasteiger partial charge in [0, 0.05) is 25.9 Å². The molecule has 3 rings (SSSR count). The van der Waals surface area contributed by atoms with E-state index in [1.165, 1.54) is 0 Å². The van der Waals surface area contributed by atoms with Gasteiger partial charge >= 0.3 is 6.09 Å². The molecule has 2 fully saturated rings. The van der Waals surface area contributed by atoms with E-state index in [9.17, 15) is 9.59 Å². The summed E-state index contributed by atoms with van der Waals surface area (Å²) in [7, 11) is 0. The van der Waals surface area contributed by atoms with Crippen LogP contribution >= 0.6 is 0 Å². The zero-order chi connectivity index (χ0) is 13.9. The van der Waals surface area contributed by atoms with Crippen LogP contribution in [-0.2, 0) is 16.1 Å². The van der Waals surface area contributed by atoms with E-state index >= 15 is 0 Å². The molecular weight excluding hydrogens is 254 g/mol. The number of Topliss-reactive ketones (excluding diaryl/α,β-unsaturated/α-hetero) is 1. The largest absolute Gasteiger partial charge is 0.445 e. The SMILES string of the molecule is O=C1CC2CC(C1)CN(C(=O)OCc1ccccc1)C2. The quantitative estimate of drug-likeness (QED) is 0.832. The summed E-state index contributed by atoms with van der Waals surface area (Å²) in [6.07, 6.45) is 2.07. The van der Waals surface area contributed by atoms with Crippen molar-refractivity contribution < 1.29 is 14.3 Å². The second-order valence-electron chi connectivity index (χ2n) is 5.86. The van der Waals surface area contributed by atoms with Crippen LogP contribution in [0.5, 0.6) is 0 Å². The van der Waals surface area contributed by atoms with Gasteiger partial charge in [0.2, 0.25) is 0 Å². The van der Waals surface area contributed by atoms with Gasteiger partial charge in [-0.2, -0.15) is 0 Å². The highest BCUT2D eigenvalue weighted by Crippen LogP contribution is 2.32. The normalized spacial score (nSPS) is 25.4. The van der Waals surface area contributed by atoms with Crippen LogP contribution in [0.3, 0.4) is 0 Å². The van der Waals surface area contributed by atoms with Gasteiger partial charge in [0.1, 0.15) is 12.4 Å². The molecule has 4 nitrogen and oxygen atoms in total. The number of hydrogen-bond acceptors (Lipinski definition) is 3. The first-order chi connectivity index (χ1) is 9.70. The number of amides is 1. The summed E-state index contributed by atoms with van der Waals surface area (Å²) in [4.78, 5) is 25.4. The van der Waals surface area contributed by atoms with E-state index in [0.29, 0.717) is 50.2 Å². The lowest BCUT2D eigenvalue weighted by atomic mass is 9.77. The molecule has 1 heterocycles. The van der Waals surface area contributed by atoms with Crippen molar-refractivity contribution in [3.63, 3.8) is 0 Å². The lowest BCUT2D eigenvalue weighted by Crippen LogP contribution is -2.47. The van der Waals surface area contributed by atoms with Gasteiger partial charge in [-0.1, -0.05) is 30.3 Å². The molecule has 1 aliphatic heterocycles. The summed E-state index contributed by atoms with van der Waals surface area (Å²) in [5, 5.41) is 0. The minimum Gasteiger partial charge on any atom is -0.445 e. The monoisotopic (exact) mass is 273 g/mol. The molecule has 2 atom stereocenters. The molecule has 0 spiro atoms. The van der Waals surface area contributed by atoms with E-state index in [-0.39, 0.29) is 6.09 Å². The Morgan fingerprint density at radius 2 is 1.80 bits per heavy atom. The molecular formula is C16H19NO3. The molecule has 1 saturated heterocycles. The van der Waals surface area contributed by atoms with Gasteiger partial charge in [-0.25, -0.2) is 4.79 Å². The number of ether oxygens (including phenoxy) is 1. The molecule has 2 aliphatic rings. The highest BCUT2D eigenvalue weighted by Gasteiger charge is 2.36. The molecule has 1 saturated carbocycles. The van der Waals surface area contributed by atoms with Gasteiger partial charge in [0.05, 0.1) is 0 Å². The maximum absolute atomic E-state index is 12.1. The predicted molar refractivity (Wildman–Crippen MR) is 74.0 cm³/mol. The molecule has 106 valence electrons. The lowest BCUT2D eigenvalue weighted by Gasteiger charge is -2.40. The van der Waals surface area contributed by atoms with Gasteiger partial charge in [0.25, 0.3) is 0 Å². The summed E-state index contributed by atoms with van der Waals surface area (Å²) in [6, 6.07) is 9.68. The number of benzene rings is 1. The van der Waals surface area contributed by atoms with Crippen molar-refractivity contribution in [3.8, 4) is 0 Å². The average molecular weight is 273 g/mol. The maximum atomic E-state index is 12.1. The van der Waals surface area contributed by atoms with Gasteiger partial charge in [-0.15, -0.1) is 0 Å². The number of ketones is 1. The van der Waals surface area contributed by atoms with Crippen LogP contribution in [0, 0.1) is 11.8 Å². The third kappa shape index (κ3) is 3.00. The third-order valence-corrected chi connectivity index (χ3v) is 4.12. The second-order valence-corrected chi connectivity index (χ2v) is 5.86. The van der Waals surface area contributed by atoms with Gasteiger partial charge < -0.3 is 9.64 Å². The Balaban J connectivity index is 1.54. The highest BCUT2D eigenvalue weighted by molar-refractivity contribution is 5.80. The molecule has 1 aromatic rings. The van der Waals surface area contributed by atoms with Gasteiger partial charge in [-0.3, -0.25) is 4.79 Å². The van der Waals surface area contributed by atoms with Crippen LogP contribution in [-0.4, -0.2) is 29.9 Å². The molecule has 2 bridgehead atoms. The Morgan fingerprint density at radius 1 is 1.15 bits per heavy atom. The Bertz CT molecular complexity index is 484. The molecule has 1 amide bonds. The molecule has 2 unspecified atom stereocenters. The van der Waals surface area contributed by atoms with Crippen LogP contribution in [0.25, 0.3) is 0 Å². The molecule has 0 aromatic heterocycles. The number of carbonyl (C=O) groups excluding carboxylic acids is 2. The van der Waals surface area contributed by atoms with E-state index in [2.05, 4.69) is 0 Å². The molecule has 0 N–H and O–H groups in total. The number of piperidine rings is 1. The topological polar surface area (TPSA) is 46.6 Å². The number of likely N-dealkylation sites (tertiary alicyclic amines) is 1. The van der Waals surface area contributed by atoms with Crippen molar-refractivity contribution in [1.29, 1.82) is 0 Å². The standard InChI is InChI=1S/C16H19NO3/c18-15-7-13-6-14(8-15)10-17(9-13)16(19)20-11-12-4-2-1-3-5-12/h1-5,13-14H,6-11H2. The molecule has 4 heteroatoms. The fraction of sp³-hybridized carbons (Fsp3) is 0.500. The highest BCUT2D eigenvalue weighted by atomic mass is 16.6. The zero-order valence-corrected chi connectivity index (χ0v) is 11.5. The van der Waals surface area contributed by atoms with Crippen molar-refractivity contribution in [2.75, 3.05) is 13.1 Å². The van der Waals surface area contributed by atoms with Crippen molar-refractivity contribution in [1.82, 2.24) is 4.90 Å². The summed E-state index contributed by atoms with van der Waals surface area (Å²) in [6.45, 7) is 1.64. The van der Waals surface area contributed by atoms with Crippen molar-refractivity contribution in [2.45, 2.75) is 25.9 Å². The van der Waals surface area contributed by atoms with Gasteiger partial charge in [-0.05, 0) is 23.8 Å². The van der Waals surface area contributed by atoms with E-state index < -0.39 is 0 Å². The van der Waals surface area contributed by atoms with E-state index in [1.807, 2.05) is 30.3 Å². The van der Waals surface area contributed by atoms with Crippen LogP contribution in [0.4, 0.5) is 4.79 Å². The summed E-state index contributed by atoms with van der Waals surface area (Å²) >= 11 is 0. The first kappa shape index (κ1) is 13.2. The van der Waals surface area contributed by atoms with Crippen LogP contribution in [0.1, 0.15) is 24.8 Å². The summed E-state index contributed by atoms with van der Waals surface area (Å²) in [5.74, 6) is 1.02. The zero-order valence-electron chi connectivity index (χ0n) is 11.5. The first-order valence-corrected chi connectivity index (χ1v) is 7.18. The minimum absolute atomic E-state index is 0.252. The Kier molecular flexibility index (Phi) is 3.72. The smallest absolute Gasteiger partial charge is 0.410 e. The van der Waals surface area contributed by atoms with Crippen molar-refractivity contribution in [3.05, 3.63) is 35.9 Å². The Labute approximate surface area is 118 Å². The number of rotatable bonds is 2. The summed E-state index contributed by atoms with van der Waals surface area (Å²) in [5.41, 5.74) is 0.994. The number of hydrogen-bond donors (Lipinski definition) is 0. The van der Waals surface area contributed by atoms with Crippen LogP contribution < -0.4 is 0 Å². The van der Waals surface area contributed by atoms with Crippen molar-refractivity contribution in [2.24, 2.45) is 11.8 Å². The predicted octanol–water partition coefficient (Wildman–Crippen LogP) is 2.62. The summed E-state index contributed by atoms with van der Waals surface area (Å²) < 4.78 is 5.36. The minimum atomic E-state index is -0.252. The van der Waals surface area contributed by atoms with E-state index in [1.54, 1.807) is 4.90 Å². The number of nitrogens with zero attached hydrogens (tertiary/aromatic N) is 1. The molecule has 20 heavy (non-hydrogen) atoms. The molecule has 1 aromatic carbocycles. The van der Waals surface area contributed by atoms with Crippen molar-refractivity contribution >= 4 is 11.9 Å². The Morgan fingerprint density at radius 3 is 2.45 bits per heavy atom. The first-order valence-electron chi connectivity index (χ1n) is 7.18. The number of fused-ring (bicyclic) bond motifs is 2. The van der Waals surface area contributed by atoms with Gasteiger partial charge in [0.15, 0.2) is 0 Å². The Hall–Kier alpha value is -1.84. The maximum Gasteiger partial charge on any atom is 0.410 e. The fourth-order valence-corrected chi connectivity index (χ4v) is 3.30.